The lowest BCUT2D eigenvalue weighted by Gasteiger charge is -2.17. The summed E-state index contributed by atoms with van der Waals surface area (Å²) in [6.07, 6.45) is 0.646. The third-order valence-electron chi connectivity index (χ3n) is 3.25. The van der Waals surface area contributed by atoms with Gasteiger partial charge in [-0.05, 0) is 32.1 Å². The maximum Gasteiger partial charge on any atom is 0.270 e. The van der Waals surface area contributed by atoms with E-state index in [-0.39, 0.29) is 22.2 Å². The minimum atomic E-state index is -3.86. The lowest BCUT2D eigenvalue weighted by Crippen LogP contribution is -2.30. The van der Waals surface area contributed by atoms with E-state index in [9.17, 15) is 18.5 Å². The molecule has 9 heteroatoms. The molecule has 1 N–H and O–H groups in total. The van der Waals surface area contributed by atoms with Crippen LogP contribution in [0.3, 0.4) is 0 Å². The van der Waals surface area contributed by atoms with Gasteiger partial charge < -0.3 is 4.90 Å². The van der Waals surface area contributed by atoms with Crippen LogP contribution >= 0.6 is 11.6 Å². The second-order valence-corrected chi connectivity index (χ2v) is 6.79. The van der Waals surface area contributed by atoms with Crippen molar-refractivity contribution in [3.05, 3.63) is 33.3 Å². The fourth-order valence-corrected chi connectivity index (χ4v) is 3.53. The Balaban J connectivity index is 2.74. The lowest BCUT2D eigenvalue weighted by molar-refractivity contribution is -0.385. The number of benzene rings is 1. The van der Waals surface area contributed by atoms with Gasteiger partial charge in [0.1, 0.15) is 4.90 Å². The van der Waals surface area contributed by atoms with E-state index < -0.39 is 14.9 Å². The number of hydrogen-bond acceptors (Lipinski definition) is 5. The summed E-state index contributed by atoms with van der Waals surface area (Å²) in [5.41, 5.74) is -0.312. The quantitative estimate of drug-likeness (QED) is 0.419. The van der Waals surface area contributed by atoms with Crippen molar-refractivity contribution in [2.75, 3.05) is 26.2 Å². The van der Waals surface area contributed by atoms with Crippen molar-refractivity contribution >= 4 is 27.3 Å². The van der Waals surface area contributed by atoms with Crippen molar-refractivity contribution in [1.82, 2.24) is 9.62 Å². The van der Waals surface area contributed by atoms with Gasteiger partial charge in [0, 0.05) is 18.7 Å². The number of rotatable bonds is 9. The number of nitrogens with zero attached hydrogens (tertiary/aromatic N) is 2. The Kier molecular flexibility index (Phi) is 7.21. The topological polar surface area (TPSA) is 92.6 Å². The fourth-order valence-electron chi connectivity index (χ4n) is 1.94. The smallest absolute Gasteiger partial charge is 0.270 e. The molecule has 0 spiro atoms. The molecule has 1 aromatic carbocycles. The molecule has 22 heavy (non-hydrogen) atoms. The lowest BCUT2D eigenvalue weighted by atomic mass is 10.3. The highest BCUT2D eigenvalue weighted by Gasteiger charge is 2.21. The molecule has 0 amide bonds. The third-order valence-corrected chi connectivity index (χ3v) is 5.20. The minimum absolute atomic E-state index is 0.0400. The Hall–Kier alpha value is -1.22. The first-order valence-electron chi connectivity index (χ1n) is 6.97. The largest absolute Gasteiger partial charge is 0.304 e. The summed E-state index contributed by atoms with van der Waals surface area (Å²) < 4.78 is 26.8. The van der Waals surface area contributed by atoms with Gasteiger partial charge in [-0.15, -0.1) is 0 Å². The highest BCUT2D eigenvalue weighted by atomic mass is 35.5. The number of nitro groups is 1. The number of sulfonamides is 1. The van der Waals surface area contributed by atoms with Crippen LogP contribution in [-0.4, -0.2) is 44.4 Å². The molecule has 0 saturated carbocycles. The summed E-state index contributed by atoms with van der Waals surface area (Å²) in [5.74, 6) is 0. The van der Waals surface area contributed by atoms with Gasteiger partial charge in [-0.1, -0.05) is 25.4 Å². The van der Waals surface area contributed by atoms with Crippen LogP contribution in [0.15, 0.2) is 23.1 Å². The first-order chi connectivity index (χ1) is 10.3. The maximum absolute atomic E-state index is 12.2. The maximum atomic E-state index is 12.2. The molecule has 124 valence electrons. The first-order valence-corrected chi connectivity index (χ1v) is 8.83. The van der Waals surface area contributed by atoms with E-state index in [2.05, 4.69) is 9.62 Å². The summed E-state index contributed by atoms with van der Waals surface area (Å²) in [4.78, 5) is 12.0. The normalized spacial score (nSPS) is 11.8. The Morgan fingerprint density at radius 1 is 1.32 bits per heavy atom. The van der Waals surface area contributed by atoms with Gasteiger partial charge in [0.05, 0.1) is 9.95 Å². The highest BCUT2D eigenvalue weighted by molar-refractivity contribution is 7.89. The van der Waals surface area contributed by atoms with E-state index >= 15 is 0 Å². The second-order valence-electron chi connectivity index (χ2n) is 4.65. The molecule has 0 unspecified atom stereocenters. The molecule has 0 heterocycles. The first kappa shape index (κ1) is 18.8. The Morgan fingerprint density at radius 3 is 2.50 bits per heavy atom. The number of halogens is 1. The Morgan fingerprint density at radius 2 is 1.95 bits per heavy atom. The zero-order chi connectivity index (χ0) is 16.8. The average Bonchev–Trinajstić information content (AvgIpc) is 2.47. The summed E-state index contributed by atoms with van der Waals surface area (Å²) in [5, 5.41) is 10.7. The van der Waals surface area contributed by atoms with Gasteiger partial charge in [0.25, 0.3) is 5.69 Å². The zero-order valence-electron chi connectivity index (χ0n) is 12.6. The van der Waals surface area contributed by atoms with E-state index in [1.165, 1.54) is 12.1 Å². The molecule has 0 aromatic heterocycles. The van der Waals surface area contributed by atoms with Crippen LogP contribution in [0.25, 0.3) is 0 Å². The van der Waals surface area contributed by atoms with Crippen molar-refractivity contribution in [1.29, 1.82) is 0 Å². The Labute approximate surface area is 135 Å². The molecule has 0 aliphatic carbocycles. The van der Waals surface area contributed by atoms with Gasteiger partial charge in [-0.2, -0.15) is 0 Å². The van der Waals surface area contributed by atoms with Crippen molar-refractivity contribution in [3.8, 4) is 0 Å². The second kappa shape index (κ2) is 8.42. The third kappa shape index (κ3) is 5.20. The summed E-state index contributed by atoms with van der Waals surface area (Å²) in [6.45, 7) is 6.91. The summed E-state index contributed by atoms with van der Waals surface area (Å²) in [6, 6.07) is 3.35. The van der Waals surface area contributed by atoms with E-state index in [1.807, 2.05) is 13.8 Å². The molecule has 0 saturated heterocycles. The predicted octanol–water partition coefficient (Wildman–Crippen LogP) is 2.26. The molecule has 0 aliphatic rings. The molecule has 7 nitrogen and oxygen atoms in total. The molecule has 0 fully saturated rings. The molecule has 1 aromatic rings. The van der Waals surface area contributed by atoms with Crippen molar-refractivity contribution < 1.29 is 13.3 Å². The van der Waals surface area contributed by atoms with Gasteiger partial charge in [0.15, 0.2) is 0 Å². The van der Waals surface area contributed by atoms with Crippen LogP contribution in [0.5, 0.6) is 0 Å². The van der Waals surface area contributed by atoms with Gasteiger partial charge >= 0.3 is 0 Å². The molecule has 1 rings (SSSR count). The SMILES string of the molecule is CCN(CC)CCCNS(=O)(=O)c1cc([N+](=O)[O-])ccc1Cl. The molecule has 0 atom stereocenters. The van der Waals surface area contributed by atoms with Crippen molar-refractivity contribution in [2.45, 2.75) is 25.2 Å². The van der Waals surface area contributed by atoms with Crippen molar-refractivity contribution in [3.63, 3.8) is 0 Å². The van der Waals surface area contributed by atoms with Crippen molar-refractivity contribution in [2.24, 2.45) is 0 Å². The molecular weight excluding hydrogens is 330 g/mol. The van der Waals surface area contributed by atoms with Gasteiger partial charge in [-0.3, -0.25) is 10.1 Å². The van der Waals surface area contributed by atoms with Crippen LogP contribution < -0.4 is 4.72 Å². The zero-order valence-corrected chi connectivity index (χ0v) is 14.2. The predicted molar refractivity (Wildman–Crippen MR) is 85.7 cm³/mol. The Bertz CT molecular complexity index is 618. The van der Waals surface area contributed by atoms with Crippen LogP contribution in [-0.2, 0) is 10.0 Å². The summed E-state index contributed by atoms with van der Waals surface area (Å²) >= 11 is 5.84. The molecular formula is C13H20ClN3O4S. The molecule has 0 bridgehead atoms. The number of non-ortho nitro benzene ring substituents is 1. The fraction of sp³-hybridized carbons (Fsp3) is 0.538. The number of nitrogens with one attached hydrogen (secondary N) is 1. The van der Waals surface area contributed by atoms with Crippen LogP contribution in [0.2, 0.25) is 5.02 Å². The van der Waals surface area contributed by atoms with Gasteiger partial charge in [0.2, 0.25) is 10.0 Å². The highest BCUT2D eigenvalue weighted by Crippen LogP contribution is 2.25. The van der Waals surface area contributed by atoms with Crippen LogP contribution in [0, 0.1) is 10.1 Å². The van der Waals surface area contributed by atoms with E-state index in [1.54, 1.807) is 0 Å². The van der Waals surface area contributed by atoms with E-state index in [4.69, 9.17) is 11.6 Å². The minimum Gasteiger partial charge on any atom is -0.304 e. The molecule has 0 aliphatic heterocycles. The standard InChI is InChI=1S/C13H20ClN3O4S/c1-3-16(4-2)9-5-8-15-22(20,21)13-10-11(17(18)19)6-7-12(13)14/h6-7,10,15H,3-5,8-9H2,1-2H3. The monoisotopic (exact) mass is 349 g/mol. The summed E-state index contributed by atoms with van der Waals surface area (Å²) in [7, 11) is -3.86. The number of nitro benzene ring substituents is 1. The molecule has 0 radical (unpaired) electrons. The van der Waals surface area contributed by atoms with Crippen LogP contribution in [0.4, 0.5) is 5.69 Å². The van der Waals surface area contributed by atoms with E-state index in [0.717, 1.165) is 25.7 Å². The number of hydrogen-bond donors (Lipinski definition) is 1. The van der Waals surface area contributed by atoms with Crippen LogP contribution in [0.1, 0.15) is 20.3 Å². The van der Waals surface area contributed by atoms with Gasteiger partial charge in [-0.25, -0.2) is 13.1 Å². The average molecular weight is 350 g/mol. The van der Waals surface area contributed by atoms with E-state index in [0.29, 0.717) is 6.42 Å².